The largest absolute Gasteiger partial charge is 0.396 e. The fraction of sp³-hybridized carbons (Fsp3) is 0.588. The van der Waals surface area contributed by atoms with Crippen LogP contribution in [-0.4, -0.2) is 73.4 Å². The van der Waals surface area contributed by atoms with Crippen LogP contribution in [0.3, 0.4) is 0 Å². The van der Waals surface area contributed by atoms with Crippen molar-refractivity contribution in [3.63, 3.8) is 0 Å². The molecule has 24 heavy (non-hydrogen) atoms. The van der Waals surface area contributed by atoms with E-state index >= 15 is 0 Å². The van der Waals surface area contributed by atoms with Crippen molar-refractivity contribution in [3.8, 4) is 0 Å². The Kier molecular flexibility index (Phi) is 5.43. The van der Waals surface area contributed by atoms with Gasteiger partial charge in [-0.1, -0.05) is 0 Å². The van der Waals surface area contributed by atoms with E-state index in [0.717, 1.165) is 31.8 Å². The quantitative estimate of drug-likeness (QED) is 0.888. The Morgan fingerprint density at radius 2 is 1.88 bits per heavy atom. The van der Waals surface area contributed by atoms with Crippen LogP contribution in [0.5, 0.6) is 0 Å². The van der Waals surface area contributed by atoms with Gasteiger partial charge < -0.3 is 14.7 Å². The Balaban J connectivity index is 1.66. The molecule has 1 N–H and O–H groups in total. The number of aliphatic hydroxyl groups excluding tert-OH is 1. The maximum absolute atomic E-state index is 13.4. The minimum Gasteiger partial charge on any atom is -0.396 e. The van der Waals surface area contributed by atoms with Gasteiger partial charge in [-0.3, -0.25) is 9.69 Å². The molecule has 2 atom stereocenters. The number of amides is 1. The van der Waals surface area contributed by atoms with Gasteiger partial charge >= 0.3 is 0 Å². The molecule has 2 fully saturated rings. The van der Waals surface area contributed by atoms with Gasteiger partial charge in [-0.15, -0.1) is 0 Å². The topological polar surface area (TPSA) is 53.0 Å². The standard InChI is InChI=1S/C17H22F2N2O3/c18-15-2-1-12(7-16(15)19)17(23)21-9-13(14(10-21)11-22)8-20-3-5-24-6-4-20/h1-2,7,13-14,22H,3-6,8-11H2. The minimum atomic E-state index is -1.02. The number of rotatable bonds is 4. The van der Waals surface area contributed by atoms with E-state index in [1.807, 2.05) is 0 Å². The number of halogens is 2. The van der Waals surface area contributed by atoms with E-state index in [1.165, 1.54) is 6.07 Å². The highest BCUT2D eigenvalue weighted by atomic mass is 19.2. The summed E-state index contributed by atoms with van der Waals surface area (Å²) < 4.78 is 31.7. The van der Waals surface area contributed by atoms with E-state index in [9.17, 15) is 18.7 Å². The lowest BCUT2D eigenvalue weighted by molar-refractivity contribution is 0.0264. The summed E-state index contributed by atoms with van der Waals surface area (Å²) >= 11 is 0. The van der Waals surface area contributed by atoms with Crippen LogP contribution in [-0.2, 0) is 4.74 Å². The molecular weight excluding hydrogens is 318 g/mol. The molecule has 2 unspecified atom stereocenters. The van der Waals surface area contributed by atoms with E-state index in [4.69, 9.17) is 4.74 Å². The van der Waals surface area contributed by atoms with E-state index < -0.39 is 11.6 Å². The van der Waals surface area contributed by atoms with Crippen LogP contribution in [0.4, 0.5) is 8.78 Å². The van der Waals surface area contributed by atoms with Gasteiger partial charge in [-0.2, -0.15) is 0 Å². The van der Waals surface area contributed by atoms with Crippen molar-refractivity contribution in [1.29, 1.82) is 0 Å². The fourth-order valence-electron chi connectivity index (χ4n) is 3.45. The fourth-order valence-corrected chi connectivity index (χ4v) is 3.45. The first-order valence-electron chi connectivity index (χ1n) is 8.23. The molecule has 0 saturated carbocycles. The zero-order valence-corrected chi connectivity index (χ0v) is 13.5. The van der Waals surface area contributed by atoms with Crippen LogP contribution >= 0.6 is 0 Å². The van der Waals surface area contributed by atoms with Gasteiger partial charge in [-0.05, 0) is 24.1 Å². The number of hydrogen-bond acceptors (Lipinski definition) is 4. The summed E-state index contributed by atoms with van der Waals surface area (Å²) in [5.74, 6) is -2.14. The van der Waals surface area contributed by atoms with E-state index in [1.54, 1.807) is 4.90 Å². The maximum Gasteiger partial charge on any atom is 0.253 e. The van der Waals surface area contributed by atoms with Crippen LogP contribution in [0.2, 0.25) is 0 Å². The Morgan fingerprint density at radius 3 is 2.54 bits per heavy atom. The van der Waals surface area contributed by atoms with Gasteiger partial charge in [0, 0.05) is 50.8 Å². The molecule has 0 aromatic heterocycles. The third kappa shape index (κ3) is 3.74. The van der Waals surface area contributed by atoms with Gasteiger partial charge in [-0.25, -0.2) is 8.78 Å². The number of ether oxygens (including phenoxy) is 1. The molecule has 3 rings (SSSR count). The van der Waals surface area contributed by atoms with Crippen molar-refractivity contribution < 1.29 is 23.4 Å². The summed E-state index contributed by atoms with van der Waals surface area (Å²) in [7, 11) is 0. The number of benzene rings is 1. The summed E-state index contributed by atoms with van der Waals surface area (Å²) in [6.45, 7) is 4.87. The lowest BCUT2D eigenvalue weighted by Crippen LogP contribution is -2.41. The van der Waals surface area contributed by atoms with Crippen LogP contribution in [0.15, 0.2) is 18.2 Å². The normalized spacial score (nSPS) is 25.2. The van der Waals surface area contributed by atoms with Gasteiger partial charge in [0.1, 0.15) is 0 Å². The van der Waals surface area contributed by atoms with Gasteiger partial charge in [0.25, 0.3) is 5.91 Å². The van der Waals surface area contributed by atoms with Crippen molar-refractivity contribution in [2.75, 3.05) is 52.5 Å². The van der Waals surface area contributed by atoms with Crippen LogP contribution in [0.1, 0.15) is 10.4 Å². The summed E-state index contributed by atoms with van der Waals surface area (Å²) in [4.78, 5) is 16.4. The predicted molar refractivity (Wildman–Crippen MR) is 83.6 cm³/mol. The third-order valence-corrected chi connectivity index (χ3v) is 4.86. The summed E-state index contributed by atoms with van der Waals surface area (Å²) in [6.07, 6.45) is 0. The second-order valence-corrected chi connectivity index (χ2v) is 6.45. The van der Waals surface area contributed by atoms with Crippen molar-refractivity contribution in [2.24, 2.45) is 11.8 Å². The molecule has 0 bridgehead atoms. The molecule has 2 aliphatic rings. The minimum absolute atomic E-state index is 0.00194. The van der Waals surface area contributed by atoms with Crippen LogP contribution < -0.4 is 0 Å². The molecule has 1 aromatic carbocycles. The van der Waals surface area contributed by atoms with Crippen LogP contribution in [0, 0.1) is 23.5 Å². The highest BCUT2D eigenvalue weighted by Crippen LogP contribution is 2.26. The first-order chi connectivity index (χ1) is 11.6. The van der Waals surface area contributed by atoms with Crippen molar-refractivity contribution in [2.45, 2.75) is 0 Å². The summed E-state index contributed by atoms with van der Waals surface area (Å²) in [5, 5.41) is 9.63. The molecule has 2 aliphatic heterocycles. The second kappa shape index (κ2) is 7.55. The van der Waals surface area contributed by atoms with E-state index in [0.29, 0.717) is 26.3 Å². The average Bonchev–Trinajstić information content (AvgIpc) is 3.00. The van der Waals surface area contributed by atoms with E-state index in [2.05, 4.69) is 4.90 Å². The van der Waals surface area contributed by atoms with E-state index in [-0.39, 0.29) is 29.9 Å². The summed E-state index contributed by atoms with van der Waals surface area (Å²) in [6, 6.07) is 3.19. The van der Waals surface area contributed by atoms with Crippen LogP contribution in [0.25, 0.3) is 0 Å². The number of likely N-dealkylation sites (tertiary alicyclic amines) is 1. The lowest BCUT2D eigenvalue weighted by atomic mass is 9.96. The molecule has 0 aliphatic carbocycles. The Hall–Kier alpha value is -1.57. The monoisotopic (exact) mass is 340 g/mol. The van der Waals surface area contributed by atoms with Gasteiger partial charge in [0.2, 0.25) is 0 Å². The molecule has 1 amide bonds. The molecule has 0 radical (unpaired) electrons. The first kappa shape index (κ1) is 17.3. The number of morpholine rings is 1. The summed E-state index contributed by atoms with van der Waals surface area (Å²) in [5.41, 5.74) is 0.137. The zero-order chi connectivity index (χ0) is 17.1. The molecule has 0 spiro atoms. The number of carbonyl (C=O) groups is 1. The Morgan fingerprint density at radius 1 is 1.17 bits per heavy atom. The van der Waals surface area contributed by atoms with Gasteiger partial charge in [0.05, 0.1) is 13.2 Å². The Bertz CT molecular complexity index is 593. The molecule has 5 nitrogen and oxygen atoms in total. The highest BCUT2D eigenvalue weighted by molar-refractivity contribution is 5.94. The number of nitrogens with zero attached hydrogens (tertiary/aromatic N) is 2. The number of carbonyl (C=O) groups excluding carboxylic acids is 1. The Labute approximate surface area is 139 Å². The third-order valence-electron chi connectivity index (χ3n) is 4.86. The SMILES string of the molecule is O=C(c1ccc(F)c(F)c1)N1CC(CO)C(CN2CCOCC2)C1. The molecule has 1 aromatic rings. The highest BCUT2D eigenvalue weighted by Gasteiger charge is 2.36. The number of hydrogen-bond donors (Lipinski definition) is 1. The second-order valence-electron chi connectivity index (χ2n) is 6.45. The molecule has 2 saturated heterocycles. The molecule has 7 heteroatoms. The molecule has 2 heterocycles. The first-order valence-corrected chi connectivity index (χ1v) is 8.23. The van der Waals surface area contributed by atoms with Gasteiger partial charge in [0.15, 0.2) is 11.6 Å². The average molecular weight is 340 g/mol. The lowest BCUT2D eigenvalue weighted by Gasteiger charge is -2.30. The number of aliphatic hydroxyl groups is 1. The smallest absolute Gasteiger partial charge is 0.253 e. The van der Waals surface area contributed by atoms with Crippen molar-refractivity contribution in [3.05, 3.63) is 35.4 Å². The van der Waals surface area contributed by atoms with Crippen molar-refractivity contribution >= 4 is 5.91 Å². The predicted octanol–water partition coefficient (Wildman–Crippen LogP) is 0.978. The molecular formula is C17H22F2N2O3. The zero-order valence-electron chi connectivity index (χ0n) is 13.5. The molecule has 132 valence electrons. The van der Waals surface area contributed by atoms with Crippen molar-refractivity contribution in [1.82, 2.24) is 9.80 Å². The maximum atomic E-state index is 13.4.